The lowest BCUT2D eigenvalue weighted by atomic mass is 9.83. The van der Waals surface area contributed by atoms with Crippen LogP contribution in [0.25, 0.3) is 6.08 Å². The topological polar surface area (TPSA) is 85.7 Å². The fourth-order valence-corrected chi connectivity index (χ4v) is 5.35. The van der Waals surface area contributed by atoms with Gasteiger partial charge in [0.05, 0.1) is 28.5 Å². The van der Waals surface area contributed by atoms with Crippen LogP contribution in [0.5, 0.6) is 0 Å². The zero-order valence-electron chi connectivity index (χ0n) is 20.2. The maximum atomic E-state index is 15.2. The van der Waals surface area contributed by atoms with E-state index in [4.69, 9.17) is 21.1 Å². The molecule has 35 heavy (non-hydrogen) atoms. The minimum Gasteiger partial charge on any atom is -0.436 e. The summed E-state index contributed by atoms with van der Waals surface area (Å²) in [5.41, 5.74) is -0.339. The molecular formula is C24H30ClFN4O4Si. The summed E-state index contributed by atoms with van der Waals surface area (Å²) < 4.78 is 28.3. The van der Waals surface area contributed by atoms with Gasteiger partial charge in [-0.3, -0.25) is 10.1 Å². The van der Waals surface area contributed by atoms with Crippen molar-refractivity contribution in [1.82, 2.24) is 14.5 Å². The van der Waals surface area contributed by atoms with Crippen LogP contribution in [0, 0.1) is 5.82 Å². The number of benzene rings is 1. The van der Waals surface area contributed by atoms with Crippen LogP contribution in [0.3, 0.4) is 0 Å². The number of hydrogen-bond donors (Lipinski definition) is 1. The van der Waals surface area contributed by atoms with Crippen molar-refractivity contribution in [3.8, 4) is 0 Å². The maximum Gasteiger partial charge on any atom is 0.412 e. The van der Waals surface area contributed by atoms with Crippen molar-refractivity contribution >= 4 is 43.4 Å². The molecule has 1 spiro atoms. The van der Waals surface area contributed by atoms with Crippen molar-refractivity contribution in [2.75, 3.05) is 25.0 Å². The minimum atomic E-state index is -1.34. The number of halogens is 2. The molecule has 0 bridgehead atoms. The first kappa shape index (κ1) is 25.4. The predicted molar refractivity (Wildman–Crippen MR) is 135 cm³/mol. The highest BCUT2D eigenvalue weighted by molar-refractivity contribution is 6.76. The number of nitrogens with one attached hydrogen (secondary N) is 1. The molecule has 11 heteroatoms. The van der Waals surface area contributed by atoms with Crippen molar-refractivity contribution in [3.63, 3.8) is 0 Å². The van der Waals surface area contributed by atoms with Crippen LogP contribution in [0.4, 0.5) is 14.9 Å². The van der Waals surface area contributed by atoms with E-state index in [0.717, 1.165) is 6.04 Å². The molecule has 8 nitrogen and oxygen atoms in total. The van der Waals surface area contributed by atoms with E-state index >= 15 is 4.39 Å². The van der Waals surface area contributed by atoms with Gasteiger partial charge in [0.2, 0.25) is 5.82 Å². The summed E-state index contributed by atoms with van der Waals surface area (Å²) in [6.07, 6.45) is 3.45. The normalized spacial score (nSPS) is 19.8. The molecule has 0 saturated carbocycles. The number of aromatic nitrogens is 2. The van der Waals surface area contributed by atoms with Crippen molar-refractivity contribution in [2.24, 2.45) is 0 Å². The summed E-state index contributed by atoms with van der Waals surface area (Å²) in [6, 6.07) is 3.93. The van der Waals surface area contributed by atoms with E-state index in [0.29, 0.717) is 37.4 Å². The number of likely N-dealkylation sites (tertiary alicyclic amines) is 1. The van der Waals surface area contributed by atoms with E-state index in [1.54, 1.807) is 27.8 Å². The number of carbonyl (C=O) groups excluding carboxylic acids is 2. The fourth-order valence-electron chi connectivity index (χ4n) is 4.43. The lowest BCUT2D eigenvalue weighted by molar-refractivity contribution is -0.0423. The van der Waals surface area contributed by atoms with Gasteiger partial charge < -0.3 is 18.9 Å². The Morgan fingerprint density at radius 1 is 1.43 bits per heavy atom. The van der Waals surface area contributed by atoms with E-state index in [1.807, 2.05) is 0 Å². The number of rotatable bonds is 7. The number of anilines is 1. The Bertz CT molecular complexity index is 1170. The number of carbonyl (C=O) groups is 2. The molecule has 1 saturated heterocycles. The van der Waals surface area contributed by atoms with Gasteiger partial charge in [-0.1, -0.05) is 37.8 Å². The van der Waals surface area contributed by atoms with Crippen LogP contribution >= 0.6 is 11.6 Å². The lowest BCUT2D eigenvalue weighted by Crippen LogP contribution is -2.53. The lowest BCUT2D eigenvalue weighted by Gasteiger charge is -2.45. The van der Waals surface area contributed by atoms with Crippen LogP contribution in [0.1, 0.15) is 34.7 Å². The Hall–Kier alpha value is -2.69. The highest BCUT2D eigenvalue weighted by Crippen LogP contribution is 2.45. The molecule has 2 aromatic rings. The summed E-state index contributed by atoms with van der Waals surface area (Å²) in [5.74, 6) is -0.828. The number of fused-ring (bicyclic) bond motifs is 2. The molecule has 0 unspecified atom stereocenters. The van der Waals surface area contributed by atoms with Gasteiger partial charge in [-0.05, 0) is 37.1 Å². The van der Waals surface area contributed by atoms with Gasteiger partial charge in [0.1, 0.15) is 6.73 Å². The van der Waals surface area contributed by atoms with E-state index in [-0.39, 0.29) is 35.6 Å². The number of imidazole rings is 1. The molecule has 2 amide bonds. The van der Waals surface area contributed by atoms with Crippen LogP contribution < -0.4 is 5.32 Å². The highest BCUT2D eigenvalue weighted by Gasteiger charge is 2.49. The summed E-state index contributed by atoms with van der Waals surface area (Å²) in [4.78, 5) is 31.9. The van der Waals surface area contributed by atoms with Gasteiger partial charge in [0, 0.05) is 27.4 Å². The van der Waals surface area contributed by atoms with Gasteiger partial charge in [-0.15, -0.1) is 0 Å². The zero-order chi connectivity index (χ0) is 25.4. The molecule has 188 valence electrons. The standard InChI is InChI=1S/C24H30ClFN4O4Si/c1-5-16-13-30(15-33-11-12-35(2,3)4)21(27-16)22(31)29-10-6-9-24(14-29)19-18(28-23(32)34-24)8-7-17(25)20(19)26/h5,7-8,13H,1,6,9-12,14-15H2,2-4H3,(H,28,32)/t24-/m0/s1. The van der Waals surface area contributed by atoms with Crippen molar-refractivity contribution in [3.05, 3.63) is 52.8 Å². The molecule has 1 atom stereocenters. The third-order valence-electron chi connectivity index (χ3n) is 6.24. The largest absolute Gasteiger partial charge is 0.436 e. The molecule has 1 aromatic carbocycles. The summed E-state index contributed by atoms with van der Waals surface area (Å²) >= 11 is 6.05. The molecule has 3 heterocycles. The molecule has 0 aliphatic carbocycles. The Morgan fingerprint density at radius 3 is 2.91 bits per heavy atom. The maximum absolute atomic E-state index is 15.2. The zero-order valence-corrected chi connectivity index (χ0v) is 22.0. The average Bonchev–Trinajstić information content (AvgIpc) is 3.21. The van der Waals surface area contributed by atoms with Crippen molar-refractivity contribution in [2.45, 2.75) is 50.9 Å². The molecule has 2 aliphatic rings. The fraction of sp³-hybridized carbons (Fsp3) is 0.458. The summed E-state index contributed by atoms with van der Waals surface area (Å²) in [6.45, 7) is 11.7. The molecule has 4 rings (SSSR count). The van der Waals surface area contributed by atoms with Crippen LogP contribution in [0.2, 0.25) is 30.7 Å². The predicted octanol–water partition coefficient (Wildman–Crippen LogP) is 5.32. The van der Waals surface area contributed by atoms with Gasteiger partial charge in [0.15, 0.2) is 11.4 Å². The summed E-state index contributed by atoms with van der Waals surface area (Å²) in [5, 5.41) is 2.45. The van der Waals surface area contributed by atoms with E-state index in [2.05, 4.69) is 36.5 Å². The number of piperidine rings is 1. The SMILES string of the molecule is C=Cc1cn(COCC[Si](C)(C)C)c(C(=O)N2CCC[C@@]3(C2)OC(=O)Nc2ccc(Cl)c(F)c23)n1. The first-order chi connectivity index (χ1) is 16.5. The van der Waals surface area contributed by atoms with Crippen LogP contribution in [0.15, 0.2) is 24.9 Å². The van der Waals surface area contributed by atoms with E-state index in [1.165, 1.54) is 6.07 Å². The summed E-state index contributed by atoms with van der Waals surface area (Å²) in [7, 11) is -1.25. The molecule has 1 aromatic heterocycles. The molecular weight excluding hydrogens is 491 g/mol. The third-order valence-corrected chi connectivity index (χ3v) is 8.24. The minimum absolute atomic E-state index is 0.0176. The number of nitrogens with zero attached hydrogens (tertiary/aromatic N) is 3. The van der Waals surface area contributed by atoms with Crippen molar-refractivity contribution in [1.29, 1.82) is 0 Å². The smallest absolute Gasteiger partial charge is 0.412 e. The first-order valence-corrected chi connectivity index (χ1v) is 15.7. The molecule has 1 N–H and O–H groups in total. The Morgan fingerprint density at radius 2 is 2.20 bits per heavy atom. The van der Waals surface area contributed by atoms with Crippen LogP contribution in [-0.4, -0.2) is 54.2 Å². The first-order valence-electron chi connectivity index (χ1n) is 11.6. The average molecular weight is 521 g/mol. The second-order valence-electron chi connectivity index (χ2n) is 10.1. The second-order valence-corrected chi connectivity index (χ2v) is 16.2. The second kappa shape index (κ2) is 9.75. The quantitative estimate of drug-likeness (QED) is 0.394. The van der Waals surface area contributed by atoms with E-state index < -0.39 is 25.6 Å². The number of ether oxygens (including phenoxy) is 2. The Labute approximate surface area is 210 Å². The number of amides is 2. The Balaban J connectivity index is 1.59. The van der Waals surface area contributed by atoms with E-state index in [9.17, 15) is 9.59 Å². The Kier molecular flexibility index (Phi) is 7.08. The van der Waals surface area contributed by atoms with Gasteiger partial charge in [-0.25, -0.2) is 14.2 Å². The molecule has 0 radical (unpaired) electrons. The van der Waals surface area contributed by atoms with Crippen LogP contribution in [-0.2, 0) is 21.8 Å². The van der Waals surface area contributed by atoms with Crippen molar-refractivity contribution < 1.29 is 23.5 Å². The van der Waals surface area contributed by atoms with Gasteiger partial charge >= 0.3 is 6.09 Å². The highest BCUT2D eigenvalue weighted by atomic mass is 35.5. The molecule has 2 aliphatic heterocycles. The van der Waals surface area contributed by atoms with Gasteiger partial charge in [0.25, 0.3) is 5.91 Å². The van der Waals surface area contributed by atoms with Gasteiger partial charge in [-0.2, -0.15) is 0 Å². The monoisotopic (exact) mass is 520 g/mol. The number of hydrogen-bond acceptors (Lipinski definition) is 5. The molecule has 1 fully saturated rings. The third kappa shape index (κ3) is 5.29.